The minimum absolute atomic E-state index is 0.00717. The Morgan fingerprint density at radius 2 is 2.24 bits per heavy atom. The van der Waals surface area contributed by atoms with Gasteiger partial charge in [-0.25, -0.2) is 5.43 Å². The molecule has 1 aromatic rings. The summed E-state index contributed by atoms with van der Waals surface area (Å²) in [5.41, 5.74) is 10.5. The summed E-state index contributed by atoms with van der Waals surface area (Å²) in [6.45, 7) is 8.80. The predicted molar refractivity (Wildman–Crippen MR) is 100 cm³/mol. The molecule has 4 N–H and O–H groups in total. The van der Waals surface area contributed by atoms with Gasteiger partial charge in [-0.05, 0) is 56.2 Å². The van der Waals surface area contributed by atoms with Crippen LogP contribution in [0, 0.1) is 6.92 Å². The molecule has 0 aliphatic carbocycles. The van der Waals surface area contributed by atoms with E-state index in [9.17, 15) is 4.79 Å². The molecule has 6 nitrogen and oxygen atoms in total. The number of pyridine rings is 1. The van der Waals surface area contributed by atoms with Crippen molar-refractivity contribution in [1.29, 1.82) is 0 Å². The van der Waals surface area contributed by atoms with Gasteiger partial charge < -0.3 is 16.1 Å². The zero-order valence-electron chi connectivity index (χ0n) is 15.5. The van der Waals surface area contributed by atoms with Crippen molar-refractivity contribution in [2.24, 2.45) is 0 Å². The molecule has 0 bridgehead atoms. The van der Waals surface area contributed by atoms with Crippen LogP contribution in [0.2, 0.25) is 0 Å². The van der Waals surface area contributed by atoms with Gasteiger partial charge >= 0.3 is 0 Å². The lowest BCUT2D eigenvalue weighted by molar-refractivity contribution is -0.120. The molecule has 2 heterocycles. The summed E-state index contributed by atoms with van der Waals surface area (Å²) >= 11 is 0. The van der Waals surface area contributed by atoms with E-state index >= 15 is 0 Å². The lowest BCUT2D eigenvalue weighted by atomic mass is 10.0. The standard InChI is InChI=1S/C19H29N5O/c1-5-17-14(4)8-15(11-21-17)10-20-12-16(18-6-7-22-24-18)9-19(25)23-13(2)3/h6-8,11-13,18,20,22,24H,5,9-10H2,1-4H3,(H,23,25)/b16-12-. The third kappa shape index (κ3) is 5.90. The number of hydrazine groups is 1. The Morgan fingerprint density at radius 3 is 2.84 bits per heavy atom. The average molecular weight is 343 g/mol. The maximum Gasteiger partial charge on any atom is 0.224 e. The number of aryl methyl sites for hydroxylation is 2. The smallest absolute Gasteiger partial charge is 0.224 e. The first kappa shape index (κ1) is 19.0. The largest absolute Gasteiger partial charge is 0.387 e. The number of carbonyl (C=O) groups excluding carboxylic acids is 1. The Morgan fingerprint density at radius 1 is 1.44 bits per heavy atom. The first-order valence-corrected chi connectivity index (χ1v) is 8.83. The van der Waals surface area contributed by atoms with Gasteiger partial charge in [0, 0.05) is 30.7 Å². The molecule has 1 aromatic heterocycles. The minimum Gasteiger partial charge on any atom is -0.387 e. The molecule has 1 unspecified atom stereocenters. The van der Waals surface area contributed by atoms with E-state index in [0.29, 0.717) is 13.0 Å². The third-order valence-corrected chi connectivity index (χ3v) is 4.00. The van der Waals surface area contributed by atoms with Crippen LogP contribution in [0.1, 0.15) is 44.0 Å². The Hall–Kier alpha value is -2.34. The highest BCUT2D eigenvalue weighted by Crippen LogP contribution is 2.12. The summed E-state index contributed by atoms with van der Waals surface area (Å²) in [7, 11) is 0. The summed E-state index contributed by atoms with van der Waals surface area (Å²) in [5, 5.41) is 6.25. The number of rotatable bonds is 8. The molecule has 0 fully saturated rings. The molecule has 25 heavy (non-hydrogen) atoms. The van der Waals surface area contributed by atoms with Crippen LogP contribution in [0.25, 0.3) is 0 Å². The van der Waals surface area contributed by atoms with Crippen molar-refractivity contribution in [3.8, 4) is 0 Å². The van der Waals surface area contributed by atoms with Gasteiger partial charge in [0.2, 0.25) is 5.91 Å². The van der Waals surface area contributed by atoms with Crippen LogP contribution < -0.4 is 21.5 Å². The Labute approximate surface area is 150 Å². The molecule has 0 saturated carbocycles. The number of hydrogen-bond donors (Lipinski definition) is 4. The van der Waals surface area contributed by atoms with E-state index < -0.39 is 0 Å². The summed E-state index contributed by atoms with van der Waals surface area (Å²) < 4.78 is 0. The predicted octanol–water partition coefficient (Wildman–Crippen LogP) is 1.83. The fraction of sp³-hybridized carbons (Fsp3) is 0.474. The van der Waals surface area contributed by atoms with Gasteiger partial charge in [0.1, 0.15) is 0 Å². The first-order valence-electron chi connectivity index (χ1n) is 8.83. The highest BCUT2D eigenvalue weighted by Gasteiger charge is 2.17. The van der Waals surface area contributed by atoms with Crippen molar-refractivity contribution in [2.75, 3.05) is 0 Å². The van der Waals surface area contributed by atoms with Gasteiger partial charge in [-0.1, -0.05) is 13.0 Å². The van der Waals surface area contributed by atoms with Gasteiger partial charge in [-0.15, -0.1) is 0 Å². The van der Waals surface area contributed by atoms with Gasteiger partial charge in [-0.2, -0.15) is 0 Å². The van der Waals surface area contributed by atoms with Crippen LogP contribution in [-0.2, 0) is 17.8 Å². The van der Waals surface area contributed by atoms with E-state index in [2.05, 4.69) is 46.4 Å². The number of nitrogens with zero attached hydrogens (tertiary/aromatic N) is 1. The van der Waals surface area contributed by atoms with Crippen molar-refractivity contribution in [1.82, 2.24) is 26.5 Å². The average Bonchev–Trinajstić information content (AvgIpc) is 3.07. The monoisotopic (exact) mass is 343 g/mol. The fourth-order valence-corrected chi connectivity index (χ4v) is 2.78. The molecule has 1 atom stereocenters. The highest BCUT2D eigenvalue weighted by molar-refractivity contribution is 5.79. The Bertz CT molecular complexity index is 651. The van der Waals surface area contributed by atoms with Gasteiger partial charge in [0.05, 0.1) is 12.5 Å². The number of amides is 1. The SMILES string of the molecule is CCc1ncc(CN/C=C(/CC(=O)NC(C)C)C2C=CNN2)cc1C. The zero-order chi connectivity index (χ0) is 18.2. The molecule has 6 heteroatoms. The molecular weight excluding hydrogens is 314 g/mol. The van der Waals surface area contributed by atoms with E-state index in [1.54, 1.807) is 0 Å². The van der Waals surface area contributed by atoms with Crippen molar-refractivity contribution >= 4 is 5.91 Å². The molecule has 0 saturated heterocycles. The van der Waals surface area contributed by atoms with Crippen LogP contribution in [0.4, 0.5) is 0 Å². The summed E-state index contributed by atoms with van der Waals surface area (Å²) in [5.74, 6) is 0.0231. The van der Waals surface area contributed by atoms with Crippen molar-refractivity contribution in [3.63, 3.8) is 0 Å². The zero-order valence-corrected chi connectivity index (χ0v) is 15.5. The number of aromatic nitrogens is 1. The molecule has 2 rings (SSSR count). The second-order valence-electron chi connectivity index (χ2n) is 6.59. The second-order valence-corrected chi connectivity index (χ2v) is 6.59. The van der Waals surface area contributed by atoms with E-state index in [1.165, 1.54) is 5.56 Å². The van der Waals surface area contributed by atoms with E-state index in [-0.39, 0.29) is 18.0 Å². The van der Waals surface area contributed by atoms with Crippen LogP contribution in [-0.4, -0.2) is 23.0 Å². The molecule has 1 aliphatic heterocycles. The maximum atomic E-state index is 12.1. The molecular formula is C19H29N5O. The molecule has 0 radical (unpaired) electrons. The van der Waals surface area contributed by atoms with E-state index in [0.717, 1.165) is 23.3 Å². The lowest BCUT2D eigenvalue weighted by Gasteiger charge is -2.16. The lowest BCUT2D eigenvalue weighted by Crippen LogP contribution is -2.36. The number of hydrogen-bond acceptors (Lipinski definition) is 5. The Kier molecular flexibility index (Phi) is 7.01. The minimum atomic E-state index is 0.00717. The topological polar surface area (TPSA) is 78.1 Å². The molecule has 1 aliphatic rings. The molecule has 0 aromatic carbocycles. The first-order chi connectivity index (χ1) is 12.0. The van der Waals surface area contributed by atoms with Gasteiger partial charge in [0.25, 0.3) is 0 Å². The fourth-order valence-electron chi connectivity index (χ4n) is 2.78. The maximum absolute atomic E-state index is 12.1. The summed E-state index contributed by atoms with van der Waals surface area (Å²) in [6.07, 6.45) is 8.97. The summed E-state index contributed by atoms with van der Waals surface area (Å²) in [6, 6.07) is 2.30. The van der Waals surface area contributed by atoms with Crippen LogP contribution in [0.15, 0.2) is 36.3 Å². The summed E-state index contributed by atoms with van der Waals surface area (Å²) in [4.78, 5) is 16.6. The highest BCUT2D eigenvalue weighted by atomic mass is 16.1. The van der Waals surface area contributed by atoms with Crippen molar-refractivity contribution in [3.05, 3.63) is 53.1 Å². The number of nitrogens with one attached hydrogen (secondary N) is 4. The molecule has 0 spiro atoms. The van der Waals surface area contributed by atoms with Crippen LogP contribution in [0.3, 0.4) is 0 Å². The van der Waals surface area contributed by atoms with Crippen LogP contribution >= 0.6 is 0 Å². The van der Waals surface area contributed by atoms with Crippen molar-refractivity contribution in [2.45, 2.75) is 59.2 Å². The van der Waals surface area contributed by atoms with Gasteiger partial charge in [0.15, 0.2) is 0 Å². The van der Waals surface area contributed by atoms with Crippen LogP contribution in [0.5, 0.6) is 0 Å². The van der Waals surface area contributed by atoms with E-state index in [4.69, 9.17) is 0 Å². The van der Waals surface area contributed by atoms with E-state index in [1.807, 2.05) is 38.5 Å². The van der Waals surface area contributed by atoms with Crippen molar-refractivity contribution < 1.29 is 4.79 Å². The normalized spacial score (nSPS) is 16.8. The molecule has 1 amide bonds. The quantitative estimate of drug-likeness (QED) is 0.579. The second kappa shape index (κ2) is 9.22. The Balaban J connectivity index is 2.00. The molecule has 136 valence electrons. The van der Waals surface area contributed by atoms with Gasteiger partial charge in [-0.3, -0.25) is 9.78 Å². The third-order valence-electron chi connectivity index (χ3n) is 4.00. The number of carbonyl (C=O) groups is 1.